The van der Waals surface area contributed by atoms with Crippen molar-refractivity contribution in [3.8, 4) is 0 Å². The van der Waals surface area contributed by atoms with Crippen molar-refractivity contribution in [1.82, 2.24) is 9.80 Å². The maximum Gasteiger partial charge on any atom is 0.303 e. The number of hydrogen-bond acceptors (Lipinski definition) is 10. The number of carbonyl (C=O) groups excluding carboxylic acids is 1. The summed E-state index contributed by atoms with van der Waals surface area (Å²) in [7, 11) is 0. The summed E-state index contributed by atoms with van der Waals surface area (Å²) in [6, 6.07) is 0.501. The van der Waals surface area contributed by atoms with Crippen molar-refractivity contribution in [3.05, 3.63) is 0 Å². The summed E-state index contributed by atoms with van der Waals surface area (Å²) in [5.74, 6) is 1.06. The van der Waals surface area contributed by atoms with Crippen LogP contribution in [-0.2, 0) is 23.7 Å². The molecule has 0 aromatic rings. The van der Waals surface area contributed by atoms with E-state index in [2.05, 4.69) is 44.4 Å². The highest BCUT2D eigenvalue weighted by Gasteiger charge is 2.84. The minimum absolute atomic E-state index is 0.0237. The van der Waals surface area contributed by atoms with Gasteiger partial charge in [0.05, 0.1) is 42.2 Å². The molecule has 8 aliphatic rings. The third-order valence-electron chi connectivity index (χ3n) is 17.5. The number of aliphatic hydroxyl groups is 3. The molecule has 0 bridgehead atoms. The van der Waals surface area contributed by atoms with Crippen LogP contribution in [0.3, 0.4) is 0 Å². The molecule has 8 fully saturated rings. The summed E-state index contributed by atoms with van der Waals surface area (Å²) in [5.41, 5.74) is -1.71. The number of hydrogen-bond donors (Lipinski definition) is 3. The van der Waals surface area contributed by atoms with E-state index < -0.39 is 35.5 Å². The Balaban J connectivity index is 0.970. The quantitative estimate of drug-likeness (QED) is 0.293. The van der Waals surface area contributed by atoms with Crippen LogP contribution < -0.4 is 0 Å². The van der Waals surface area contributed by atoms with Crippen LogP contribution in [0.25, 0.3) is 0 Å². The van der Waals surface area contributed by atoms with Crippen molar-refractivity contribution < 1.29 is 39.1 Å². The number of ether oxygens (including phenoxy) is 4. The summed E-state index contributed by atoms with van der Waals surface area (Å²) in [6.45, 7) is 25.8. The van der Waals surface area contributed by atoms with Gasteiger partial charge in [-0.15, -0.1) is 0 Å². The molecule has 3 unspecified atom stereocenters. The zero-order valence-corrected chi connectivity index (χ0v) is 34.5. The molecule has 3 saturated heterocycles. The van der Waals surface area contributed by atoms with E-state index in [4.69, 9.17) is 18.9 Å². The molecule has 53 heavy (non-hydrogen) atoms. The van der Waals surface area contributed by atoms with Gasteiger partial charge in [0.15, 0.2) is 12.4 Å². The molecule has 5 aliphatic carbocycles. The van der Waals surface area contributed by atoms with Crippen molar-refractivity contribution in [2.45, 2.75) is 175 Å². The Labute approximate surface area is 319 Å². The normalized spacial score (nSPS) is 49.0. The molecule has 0 amide bonds. The molecular formula is C43H72N2O8. The van der Waals surface area contributed by atoms with E-state index in [0.29, 0.717) is 42.9 Å². The number of carbonyl (C=O) groups is 1. The monoisotopic (exact) mass is 745 g/mol. The first-order valence-corrected chi connectivity index (χ1v) is 21.3. The van der Waals surface area contributed by atoms with E-state index in [1.54, 1.807) is 13.8 Å². The van der Waals surface area contributed by atoms with Crippen molar-refractivity contribution >= 4 is 5.97 Å². The fraction of sp³-hybridized carbons (Fsp3) is 0.977. The summed E-state index contributed by atoms with van der Waals surface area (Å²) in [4.78, 5) is 17.0. The third-order valence-corrected chi connectivity index (χ3v) is 17.5. The first kappa shape index (κ1) is 39.0. The van der Waals surface area contributed by atoms with Gasteiger partial charge in [0.2, 0.25) is 0 Å². The van der Waals surface area contributed by atoms with Crippen LogP contribution in [-0.4, -0.2) is 124 Å². The Hall–Kier alpha value is -0.850. The highest BCUT2D eigenvalue weighted by atomic mass is 16.7. The van der Waals surface area contributed by atoms with Crippen molar-refractivity contribution in [2.75, 3.05) is 39.3 Å². The molecule has 3 aliphatic heterocycles. The van der Waals surface area contributed by atoms with Crippen LogP contribution in [0.4, 0.5) is 0 Å². The zero-order chi connectivity index (χ0) is 38.3. The van der Waals surface area contributed by atoms with Gasteiger partial charge in [0, 0.05) is 51.1 Å². The largest absolute Gasteiger partial charge is 0.457 e. The van der Waals surface area contributed by atoms with Gasteiger partial charge in [-0.3, -0.25) is 14.6 Å². The SMILES string of the molecule is CC(=O)O[C@@H](C1C[C@@H](C)[C@H]2C(O1)[C@H](O)[C@@]1(C)C3CC[C@H]4C(C)(C)[C@@H](O[C@H]5CN(C6CN(CC(C)(C)O)C6)CCO5)CC[C@@]45C[C@@]35CC[C@]21C)C(C)(C)O. The second kappa shape index (κ2) is 12.6. The first-order chi connectivity index (χ1) is 24.6. The average molecular weight is 745 g/mol. The average Bonchev–Trinajstić information content (AvgIpc) is 3.66. The van der Waals surface area contributed by atoms with Gasteiger partial charge in [0.25, 0.3) is 0 Å². The maximum absolute atomic E-state index is 12.6. The second-order valence-corrected chi connectivity index (χ2v) is 21.8. The van der Waals surface area contributed by atoms with Crippen molar-refractivity contribution in [1.29, 1.82) is 0 Å². The number of esters is 1. The lowest BCUT2D eigenvalue weighted by Gasteiger charge is -2.64. The van der Waals surface area contributed by atoms with Gasteiger partial charge < -0.3 is 34.3 Å². The summed E-state index contributed by atoms with van der Waals surface area (Å²) < 4.78 is 25.9. The molecule has 2 spiro atoms. The Morgan fingerprint density at radius 3 is 2.30 bits per heavy atom. The topological polar surface area (TPSA) is 121 Å². The van der Waals surface area contributed by atoms with Gasteiger partial charge in [-0.25, -0.2) is 0 Å². The lowest BCUT2D eigenvalue weighted by atomic mass is 9.41. The fourth-order valence-corrected chi connectivity index (χ4v) is 15.3. The van der Waals surface area contributed by atoms with E-state index >= 15 is 0 Å². The second-order valence-electron chi connectivity index (χ2n) is 21.8. The van der Waals surface area contributed by atoms with Crippen LogP contribution in [0, 0.1) is 50.7 Å². The first-order valence-electron chi connectivity index (χ1n) is 21.3. The minimum Gasteiger partial charge on any atom is -0.457 e. The Kier molecular flexibility index (Phi) is 9.25. The number of morpholine rings is 1. The molecule has 10 nitrogen and oxygen atoms in total. The standard InChI is InChI=1S/C43H72N2O8/c1-25-19-28(36(39(7,8)49)51-26(2)46)52-34-33(25)40(9)15-16-43-23-42(43)14-13-31(38(5,6)29(42)11-12-30(43)41(40,10)35(34)47)53-32-22-45(17-18-50-32)27-20-44(21-27)24-37(3,4)48/h25,27-36,47-49H,11-24H2,1-10H3/t25-,28?,29+,30?,31+,32+,33+,34?,35+,36+,40-,41-,42-,43+/m1/s1. The van der Waals surface area contributed by atoms with Crippen LogP contribution in [0.2, 0.25) is 0 Å². The van der Waals surface area contributed by atoms with E-state index in [9.17, 15) is 20.1 Å². The van der Waals surface area contributed by atoms with Crippen molar-refractivity contribution in [3.63, 3.8) is 0 Å². The molecule has 0 radical (unpaired) electrons. The van der Waals surface area contributed by atoms with E-state index in [-0.39, 0.29) is 52.0 Å². The molecule has 0 aromatic carbocycles. The summed E-state index contributed by atoms with van der Waals surface area (Å²) >= 11 is 0. The molecule has 10 heteroatoms. The van der Waals surface area contributed by atoms with Crippen LogP contribution in [0.5, 0.6) is 0 Å². The summed E-state index contributed by atoms with van der Waals surface area (Å²) in [5, 5.41) is 34.0. The van der Waals surface area contributed by atoms with E-state index in [1.807, 2.05) is 13.8 Å². The number of rotatable bonds is 8. The Morgan fingerprint density at radius 2 is 1.64 bits per heavy atom. The molecule has 5 saturated carbocycles. The molecule has 14 atom stereocenters. The van der Waals surface area contributed by atoms with Crippen LogP contribution in [0.15, 0.2) is 0 Å². The maximum atomic E-state index is 12.6. The molecular weight excluding hydrogens is 672 g/mol. The molecule has 0 aromatic heterocycles. The van der Waals surface area contributed by atoms with Gasteiger partial charge in [0.1, 0.15) is 0 Å². The van der Waals surface area contributed by atoms with Crippen LogP contribution >= 0.6 is 0 Å². The molecule has 302 valence electrons. The van der Waals surface area contributed by atoms with Gasteiger partial charge >= 0.3 is 5.97 Å². The fourth-order valence-electron chi connectivity index (χ4n) is 15.3. The minimum atomic E-state index is -1.26. The lowest BCUT2D eigenvalue weighted by molar-refractivity contribution is -0.253. The molecule has 3 N–H and O–H groups in total. The zero-order valence-electron chi connectivity index (χ0n) is 34.5. The molecule has 8 rings (SSSR count). The highest BCUT2D eigenvalue weighted by molar-refractivity contribution is 5.66. The number of β-amino-alcohol motifs (C(OH)–C–C–N with tert-alkyl or cyclic N) is 1. The van der Waals surface area contributed by atoms with E-state index in [1.165, 1.54) is 26.2 Å². The smallest absolute Gasteiger partial charge is 0.303 e. The highest BCUT2D eigenvalue weighted by Crippen LogP contribution is 2.89. The Morgan fingerprint density at radius 1 is 0.962 bits per heavy atom. The number of likely N-dealkylation sites (tertiary alicyclic amines) is 1. The van der Waals surface area contributed by atoms with Gasteiger partial charge in [-0.1, -0.05) is 34.6 Å². The summed E-state index contributed by atoms with van der Waals surface area (Å²) in [6.07, 6.45) is 6.55. The number of fused-ring (bicyclic) bond motifs is 4. The third kappa shape index (κ3) is 5.78. The Bertz CT molecular complexity index is 1420. The van der Waals surface area contributed by atoms with Gasteiger partial charge in [-0.2, -0.15) is 0 Å². The van der Waals surface area contributed by atoms with Crippen LogP contribution in [0.1, 0.15) is 121 Å². The predicted molar refractivity (Wildman–Crippen MR) is 201 cm³/mol. The van der Waals surface area contributed by atoms with Gasteiger partial charge in [-0.05, 0) is 124 Å². The number of aliphatic hydroxyl groups excluding tert-OH is 1. The lowest BCUT2D eigenvalue weighted by Crippen LogP contribution is -2.64. The number of nitrogens with zero attached hydrogens (tertiary/aromatic N) is 2. The van der Waals surface area contributed by atoms with E-state index in [0.717, 1.165) is 51.9 Å². The predicted octanol–water partition coefficient (Wildman–Crippen LogP) is 5.00. The van der Waals surface area contributed by atoms with Crippen molar-refractivity contribution in [2.24, 2.45) is 50.7 Å². The molecule has 3 heterocycles.